The first-order valence-electron chi connectivity index (χ1n) is 4.92. The molecule has 0 unspecified atom stereocenters. The molecule has 0 aromatic rings. The van der Waals surface area contributed by atoms with E-state index >= 15 is 0 Å². The van der Waals surface area contributed by atoms with Gasteiger partial charge in [0.25, 0.3) is 0 Å². The van der Waals surface area contributed by atoms with Crippen LogP contribution in [0.2, 0.25) is 0 Å². The normalized spacial score (nSPS) is 10.2. The molecule has 0 aromatic heterocycles. The third kappa shape index (κ3) is 5.90. The smallest absolute Gasteiger partial charge is 0.248 e. The highest BCUT2D eigenvalue weighted by molar-refractivity contribution is 5.77. The number of aliphatic hydroxyl groups excluding tert-OH is 1. The van der Waals surface area contributed by atoms with Gasteiger partial charge in [-0.3, -0.25) is 4.79 Å². The van der Waals surface area contributed by atoms with Crippen LogP contribution in [-0.4, -0.2) is 55.4 Å². The number of carbonyl (C=O) groups is 1. The van der Waals surface area contributed by atoms with E-state index in [-0.39, 0.29) is 19.1 Å². The lowest BCUT2D eigenvalue weighted by atomic mass is 10.4. The van der Waals surface area contributed by atoms with Crippen LogP contribution in [0.5, 0.6) is 0 Å². The van der Waals surface area contributed by atoms with Crippen molar-refractivity contribution in [2.75, 3.05) is 39.5 Å². The average molecular weight is 204 g/mol. The zero-order valence-electron chi connectivity index (χ0n) is 8.74. The maximum atomic E-state index is 11.4. The van der Waals surface area contributed by atoms with Crippen LogP contribution in [0.25, 0.3) is 0 Å². The van der Waals surface area contributed by atoms with E-state index in [4.69, 9.17) is 15.6 Å². The minimum Gasteiger partial charge on any atom is -0.395 e. The first-order valence-corrected chi connectivity index (χ1v) is 4.92. The topological polar surface area (TPSA) is 75.8 Å². The van der Waals surface area contributed by atoms with E-state index in [9.17, 15) is 4.79 Å². The summed E-state index contributed by atoms with van der Waals surface area (Å²) in [6.45, 7) is 3.87. The van der Waals surface area contributed by atoms with E-state index in [1.807, 2.05) is 6.92 Å². The van der Waals surface area contributed by atoms with Crippen molar-refractivity contribution in [1.82, 2.24) is 4.90 Å². The van der Waals surface area contributed by atoms with Crippen LogP contribution in [0, 0.1) is 0 Å². The van der Waals surface area contributed by atoms with Crippen LogP contribution in [0.1, 0.15) is 13.3 Å². The molecule has 0 atom stereocenters. The molecule has 1 amide bonds. The molecule has 0 aliphatic rings. The zero-order chi connectivity index (χ0) is 10.8. The number of rotatable bonds is 8. The fourth-order valence-corrected chi connectivity index (χ4v) is 1.09. The minimum absolute atomic E-state index is 0.0113. The first-order chi connectivity index (χ1) is 6.76. The number of carbonyl (C=O) groups excluding carboxylic acids is 1. The van der Waals surface area contributed by atoms with Crippen LogP contribution >= 0.6 is 0 Å². The summed E-state index contributed by atoms with van der Waals surface area (Å²) in [6.07, 6.45) is 0.878. The number of hydrogen-bond acceptors (Lipinski definition) is 4. The lowest BCUT2D eigenvalue weighted by Gasteiger charge is -2.20. The van der Waals surface area contributed by atoms with Crippen molar-refractivity contribution in [2.24, 2.45) is 5.73 Å². The molecule has 0 spiro atoms. The molecule has 0 aromatic carbocycles. The maximum absolute atomic E-state index is 11.4. The Morgan fingerprint density at radius 2 is 2.21 bits per heavy atom. The molecule has 0 radical (unpaired) electrons. The Morgan fingerprint density at radius 3 is 2.71 bits per heavy atom. The predicted molar refractivity (Wildman–Crippen MR) is 53.8 cm³/mol. The van der Waals surface area contributed by atoms with E-state index in [0.29, 0.717) is 26.2 Å². The summed E-state index contributed by atoms with van der Waals surface area (Å²) in [5, 5.41) is 8.73. The molecule has 0 heterocycles. The van der Waals surface area contributed by atoms with Crippen LogP contribution in [0.3, 0.4) is 0 Å². The zero-order valence-corrected chi connectivity index (χ0v) is 8.74. The van der Waals surface area contributed by atoms with Crippen LogP contribution in [0.15, 0.2) is 0 Å². The molecule has 84 valence electrons. The van der Waals surface area contributed by atoms with E-state index < -0.39 is 0 Å². The average Bonchev–Trinajstić information content (AvgIpc) is 2.18. The van der Waals surface area contributed by atoms with Gasteiger partial charge in [0, 0.05) is 19.6 Å². The standard InChI is InChI=1S/C9H20N2O3/c1-2-4-11(5-6-12)9(13)8-14-7-3-10/h12H,2-8,10H2,1H3. The summed E-state index contributed by atoms with van der Waals surface area (Å²) in [5.41, 5.74) is 5.22. The van der Waals surface area contributed by atoms with Crippen LogP contribution < -0.4 is 5.73 Å². The molecule has 0 rings (SSSR count). The Bertz CT molecular complexity index is 147. The number of nitrogens with zero attached hydrogens (tertiary/aromatic N) is 1. The Labute approximate surface area is 84.8 Å². The van der Waals surface area contributed by atoms with Crippen molar-refractivity contribution in [3.63, 3.8) is 0 Å². The summed E-state index contributed by atoms with van der Waals surface area (Å²) in [6, 6.07) is 0. The lowest BCUT2D eigenvalue weighted by molar-refractivity contribution is -0.136. The van der Waals surface area contributed by atoms with Gasteiger partial charge in [0.05, 0.1) is 13.2 Å². The van der Waals surface area contributed by atoms with E-state index in [2.05, 4.69) is 0 Å². The summed E-state index contributed by atoms with van der Waals surface area (Å²) in [7, 11) is 0. The SMILES string of the molecule is CCCN(CCO)C(=O)COCCN. The molecule has 5 nitrogen and oxygen atoms in total. The van der Waals surface area contributed by atoms with Crippen molar-refractivity contribution in [1.29, 1.82) is 0 Å². The summed E-state index contributed by atoms with van der Waals surface area (Å²) in [4.78, 5) is 13.0. The molecule has 0 fully saturated rings. The fraction of sp³-hybridized carbons (Fsp3) is 0.889. The second-order valence-electron chi connectivity index (χ2n) is 2.95. The van der Waals surface area contributed by atoms with Gasteiger partial charge in [-0.25, -0.2) is 0 Å². The van der Waals surface area contributed by atoms with Crippen molar-refractivity contribution in [2.45, 2.75) is 13.3 Å². The fourth-order valence-electron chi connectivity index (χ4n) is 1.09. The molecule has 0 aliphatic carbocycles. The van der Waals surface area contributed by atoms with Gasteiger partial charge in [-0.15, -0.1) is 0 Å². The van der Waals surface area contributed by atoms with Gasteiger partial charge in [0.15, 0.2) is 0 Å². The molecule has 0 aliphatic heterocycles. The quantitative estimate of drug-likeness (QED) is 0.507. The van der Waals surface area contributed by atoms with Gasteiger partial charge in [0.1, 0.15) is 6.61 Å². The van der Waals surface area contributed by atoms with E-state index in [1.54, 1.807) is 4.90 Å². The van der Waals surface area contributed by atoms with Crippen LogP contribution in [0.4, 0.5) is 0 Å². The number of hydrogen-bond donors (Lipinski definition) is 2. The molecule has 14 heavy (non-hydrogen) atoms. The second kappa shape index (κ2) is 8.93. The summed E-state index contributed by atoms with van der Waals surface area (Å²) < 4.78 is 5.02. The maximum Gasteiger partial charge on any atom is 0.248 e. The minimum atomic E-state index is -0.0886. The third-order valence-corrected chi connectivity index (χ3v) is 1.70. The molecule has 5 heteroatoms. The number of amides is 1. The lowest BCUT2D eigenvalue weighted by Crippen LogP contribution is -2.37. The van der Waals surface area contributed by atoms with Gasteiger partial charge < -0.3 is 20.5 Å². The highest BCUT2D eigenvalue weighted by Gasteiger charge is 2.11. The molecular weight excluding hydrogens is 184 g/mol. The van der Waals surface area contributed by atoms with Gasteiger partial charge in [0.2, 0.25) is 5.91 Å². The number of ether oxygens (including phenoxy) is 1. The molecule has 0 saturated heterocycles. The number of aliphatic hydroxyl groups is 1. The monoisotopic (exact) mass is 204 g/mol. The Hall–Kier alpha value is -0.650. The second-order valence-corrected chi connectivity index (χ2v) is 2.95. The van der Waals surface area contributed by atoms with Gasteiger partial charge >= 0.3 is 0 Å². The Kier molecular flexibility index (Phi) is 8.51. The predicted octanol–water partition coefficient (Wildman–Crippen LogP) is -0.807. The van der Waals surface area contributed by atoms with Crippen LogP contribution in [-0.2, 0) is 9.53 Å². The Morgan fingerprint density at radius 1 is 1.50 bits per heavy atom. The highest BCUT2D eigenvalue weighted by atomic mass is 16.5. The van der Waals surface area contributed by atoms with Gasteiger partial charge in [-0.1, -0.05) is 6.92 Å². The number of nitrogens with two attached hydrogens (primary N) is 1. The summed E-state index contributed by atoms with van der Waals surface area (Å²) >= 11 is 0. The van der Waals surface area contributed by atoms with Gasteiger partial charge in [-0.2, -0.15) is 0 Å². The molecule has 3 N–H and O–H groups in total. The third-order valence-electron chi connectivity index (χ3n) is 1.70. The first kappa shape index (κ1) is 13.4. The largest absolute Gasteiger partial charge is 0.395 e. The molecule has 0 saturated carbocycles. The van der Waals surface area contributed by atoms with Crippen molar-refractivity contribution < 1.29 is 14.6 Å². The molecule has 0 bridgehead atoms. The molecular formula is C9H20N2O3. The highest BCUT2D eigenvalue weighted by Crippen LogP contribution is 1.93. The van der Waals surface area contributed by atoms with E-state index in [1.165, 1.54) is 0 Å². The summed E-state index contributed by atoms with van der Waals surface area (Å²) in [5.74, 6) is -0.0886. The Balaban J connectivity index is 3.76. The van der Waals surface area contributed by atoms with Crippen molar-refractivity contribution in [3.05, 3.63) is 0 Å². The van der Waals surface area contributed by atoms with E-state index in [0.717, 1.165) is 6.42 Å². The van der Waals surface area contributed by atoms with Crippen molar-refractivity contribution >= 4 is 5.91 Å². The van der Waals surface area contributed by atoms with Crippen molar-refractivity contribution in [3.8, 4) is 0 Å². The van der Waals surface area contributed by atoms with Gasteiger partial charge in [-0.05, 0) is 6.42 Å².